The van der Waals surface area contributed by atoms with Crippen molar-refractivity contribution in [2.24, 2.45) is 0 Å². The fourth-order valence-corrected chi connectivity index (χ4v) is 5.07. The molecule has 38 heavy (non-hydrogen) atoms. The van der Waals surface area contributed by atoms with E-state index in [9.17, 15) is 0 Å². The molecule has 0 saturated carbocycles. The lowest BCUT2D eigenvalue weighted by atomic mass is 10.1. The summed E-state index contributed by atoms with van der Waals surface area (Å²) in [7, 11) is 0. The van der Waals surface area contributed by atoms with E-state index in [1.54, 1.807) is 6.07 Å². The number of aryl methyl sites for hydroxylation is 1. The molecule has 3 heteroatoms. The number of hydrogen-bond acceptors (Lipinski definition) is 1. The average molecular weight is 524 g/mol. The molecule has 0 spiro atoms. The number of benzene rings is 1. The predicted molar refractivity (Wildman–Crippen MR) is 165 cm³/mol. The van der Waals surface area contributed by atoms with Gasteiger partial charge in [-0.05, 0) is 43.5 Å². The molecule has 2 aromatic rings. The van der Waals surface area contributed by atoms with Gasteiger partial charge in [-0.2, -0.15) is 0 Å². The minimum Gasteiger partial charge on any atom is -0.371 e. The van der Waals surface area contributed by atoms with Crippen LogP contribution in [0.15, 0.2) is 42.7 Å². The molecule has 0 radical (unpaired) electrons. The molecule has 0 saturated heterocycles. The van der Waals surface area contributed by atoms with Crippen molar-refractivity contribution in [1.82, 2.24) is 0 Å². The van der Waals surface area contributed by atoms with E-state index in [0.29, 0.717) is 5.56 Å². The number of halogens is 1. The Morgan fingerprint density at radius 1 is 0.632 bits per heavy atom. The first-order chi connectivity index (χ1) is 18.7. The Balaban J connectivity index is 1.90. The maximum Gasteiger partial charge on any atom is 0.169 e. The van der Waals surface area contributed by atoms with Gasteiger partial charge in [0.1, 0.15) is 12.4 Å². The summed E-state index contributed by atoms with van der Waals surface area (Å²) in [6, 6.07) is 9.97. The third-order valence-electron chi connectivity index (χ3n) is 7.65. The van der Waals surface area contributed by atoms with E-state index in [2.05, 4.69) is 60.8 Å². The molecule has 1 heterocycles. The minimum atomic E-state index is -0.129. The molecule has 0 aliphatic heterocycles. The van der Waals surface area contributed by atoms with Crippen molar-refractivity contribution < 1.29 is 8.96 Å². The van der Waals surface area contributed by atoms with Crippen LogP contribution in [0.1, 0.15) is 135 Å². The molecule has 0 bridgehead atoms. The van der Waals surface area contributed by atoms with E-state index in [4.69, 9.17) is 0 Å². The van der Waals surface area contributed by atoms with Gasteiger partial charge in [-0.25, -0.2) is 8.96 Å². The molecule has 1 aromatic heterocycles. The minimum absolute atomic E-state index is 0.129. The summed E-state index contributed by atoms with van der Waals surface area (Å²) in [6.45, 7) is 9.69. The van der Waals surface area contributed by atoms with Gasteiger partial charge in [-0.1, -0.05) is 116 Å². The lowest BCUT2D eigenvalue weighted by molar-refractivity contribution is -0.693. The van der Waals surface area contributed by atoms with Crippen LogP contribution in [-0.2, 0) is 6.54 Å². The normalized spacial score (nSPS) is 11.5. The molecule has 2 rings (SSSR count). The van der Waals surface area contributed by atoms with Crippen LogP contribution in [0.25, 0.3) is 12.2 Å². The van der Waals surface area contributed by atoms with Crippen LogP contribution < -0.4 is 9.47 Å². The smallest absolute Gasteiger partial charge is 0.169 e. The van der Waals surface area contributed by atoms with E-state index in [1.807, 2.05) is 18.2 Å². The Bertz CT molecular complexity index is 854. The zero-order chi connectivity index (χ0) is 27.3. The molecule has 0 atom stereocenters. The highest BCUT2D eigenvalue weighted by Crippen LogP contribution is 2.22. The third-order valence-corrected chi connectivity index (χ3v) is 7.65. The molecule has 212 valence electrons. The number of hydrogen-bond donors (Lipinski definition) is 0. The molecule has 0 amide bonds. The van der Waals surface area contributed by atoms with Gasteiger partial charge in [0.05, 0.1) is 0 Å². The summed E-state index contributed by atoms with van der Waals surface area (Å²) in [5, 5.41) is 0. The Morgan fingerprint density at radius 3 is 1.61 bits per heavy atom. The number of pyridine rings is 1. The Kier molecular flexibility index (Phi) is 17.5. The lowest BCUT2D eigenvalue weighted by Gasteiger charge is -2.25. The number of unbranched alkanes of at least 4 members (excludes halogenated alkanes) is 14. The zero-order valence-corrected chi connectivity index (χ0v) is 24.9. The lowest BCUT2D eigenvalue weighted by Crippen LogP contribution is -2.30. The monoisotopic (exact) mass is 523 g/mol. The van der Waals surface area contributed by atoms with Crippen LogP contribution in [0.3, 0.4) is 0 Å². The van der Waals surface area contributed by atoms with Crippen LogP contribution in [-0.4, -0.2) is 13.1 Å². The maximum absolute atomic E-state index is 15.1. The topological polar surface area (TPSA) is 7.12 Å². The summed E-state index contributed by atoms with van der Waals surface area (Å²) in [5.74, 6) is -0.129. The summed E-state index contributed by atoms with van der Waals surface area (Å²) >= 11 is 0. The van der Waals surface area contributed by atoms with Gasteiger partial charge >= 0.3 is 0 Å². The van der Waals surface area contributed by atoms with Crippen LogP contribution in [0, 0.1) is 5.82 Å². The second-order valence-corrected chi connectivity index (χ2v) is 10.9. The summed E-state index contributed by atoms with van der Waals surface area (Å²) in [4.78, 5) is 2.44. The van der Waals surface area contributed by atoms with Gasteiger partial charge < -0.3 is 4.90 Å². The third kappa shape index (κ3) is 13.6. The van der Waals surface area contributed by atoms with Crippen LogP contribution in [0.2, 0.25) is 0 Å². The van der Waals surface area contributed by atoms with Crippen molar-refractivity contribution in [3.05, 3.63) is 59.7 Å². The summed E-state index contributed by atoms with van der Waals surface area (Å²) in [5.41, 5.74) is 2.78. The molecule has 2 nitrogen and oxygen atoms in total. The Hall–Kier alpha value is -2.16. The highest BCUT2D eigenvalue weighted by molar-refractivity contribution is 5.70. The molecule has 0 N–H and O–H groups in total. The molecule has 0 unspecified atom stereocenters. The van der Waals surface area contributed by atoms with E-state index in [-0.39, 0.29) is 5.82 Å². The van der Waals surface area contributed by atoms with E-state index in [0.717, 1.165) is 30.9 Å². The average Bonchev–Trinajstić information content (AvgIpc) is 2.94. The first-order valence-corrected chi connectivity index (χ1v) is 15.9. The van der Waals surface area contributed by atoms with Crippen molar-refractivity contribution in [3.8, 4) is 0 Å². The molecule has 0 aliphatic rings. The van der Waals surface area contributed by atoms with Crippen LogP contribution in [0.5, 0.6) is 0 Å². The van der Waals surface area contributed by atoms with Crippen LogP contribution in [0.4, 0.5) is 10.1 Å². The van der Waals surface area contributed by atoms with Crippen molar-refractivity contribution in [1.29, 1.82) is 0 Å². The zero-order valence-electron chi connectivity index (χ0n) is 24.9. The number of anilines is 1. The highest BCUT2D eigenvalue weighted by atomic mass is 19.1. The Labute approximate surface area is 234 Å². The highest BCUT2D eigenvalue weighted by Gasteiger charge is 2.10. The van der Waals surface area contributed by atoms with Crippen molar-refractivity contribution in [2.75, 3.05) is 18.0 Å². The second-order valence-electron chi connectivity index (χ2n) is 10.9. The first-order valence-electron chi connectivity index (χ1n) is 15.9. The molecule has 1 aromatic carbocycles. The van der Waals surface area contributed by atoms with E-state index in [1.165, 1.54) is 103 Å². The largest absolute Gasteiger partial charge is 0.371 e. The SMILES string of the molecule is CCCCCCCCCCN(CCCCCCCCCC)c1ccc(/C=C/c2cc[n+](CC)cc2)c(F)c1. The van der Waals surface area contributed by atoms with Crippen molar-refractivity contribution in [2.45, 2.75) is 130 Å². The molecular weight excluding hydrogens is 467 g/mol. The summed E-state index contributed by atoms with van der Waals surface area (Å²) in [6.07, 6.45) is 29.2. The van der Waals surface area contributed by atoms with Crippen LogP contribution >= 0.6 is 0 Å². The molecule has 0 fully saturated rings. The number of nitrogens with zero attached hydrogens (tertiary/aromatic N) is 2. The fraction of sp³-hybridized carbons (Fsp3) is 0.629. The predicted octanol–water partition coefficient (Wildman–Crippen LogP) is 10.4. The van der Waals surface area contributed by atoms with Gasteiger partial charge in [0.2, 0.25) is 0 Å². The number of rotatable bonds is 22. The van der Waals surface area contributed by atoms with Gasteiger partial charge in [-0.3, -0.25) is 0 Å². The van der Waals surface area contributed by atoms with Gasteiger partial charge in [0, 0.05) is 36.5 Å². The Morgan fingerprint density at radius 2 is 1.13 bits per heavy atom. The maximum atomic E-state index is 15.1. The number of aromatic nitrogens is 1. The van der Waals surface area contributed by atoms with Crippen molar-refractivity contribution in [3.63, 3.8) is 0 Å². The van der Waals surface area contributed by atoms with E-state index < -0.39 is 0 Å². The quantitative estimate of drug-likeness (QED) is 0.110. The van der Waals surface area contributed by atoms with Gasteiger partial charge in [0.15, 0.2) is 12.4 Å². The van der Waals surface area contributed by atoms with Gasteiger partial charge in [-0.15, -0.1) is 0 Å². The first kappa shape index (κ1) is 32.1. The van der Waals surface area contributed by atoms with Crippen molar-refractivity contribution >= 4 is 17.8 Å². The second kappa shape index (κ2) is 20.8. The molecular formula is C35H56FN2+. The van der Waals surface area contributed by atoms with E-state index >= 15 is 4.39 Å². The summed E-state index contributed by atoms with van der Waals surface area (Å²) < 4.78 is 17.3. The fourth-order valence-electron chi connectivity index (χ4n) is 5.07. The van der Waals surface area contributed by atoms with Gasteiger partial charge in [0.25, 0.3) is 0 Å². The standard InChI is InChI=1S/C35H56FN2/c1-4-7-9-11-13-15-17-19-27-38(28-20-18-16-14-12-10-8-5-2)34-24-23-33(35(36)31-34)22-21-32-25-29-37(6-3)30-26-32/h21-26,29-31H,4-20,27-28H2,1-3H3/q+1. The molecule has 0 aliphatic carbocycles.